The van der Waals surface area contributed by atoms with Crippen LogP contribution in [-0.2, 0) is 36.9 Å². The van der Waals surface area contributed by atoms with Crippen molar-refractivity contribution >= 4 is 40.7 Å². The molecular formula is C34H37Cl3N2O6. The molecule has 0 radical (unpaired) electrons. The van der Waals surface area contributed by atoms with Gasteiger partial charge < -0.3 is 34.3 Å². The fourth-order valence-electron chi connectivity index (χ4n) is 6.19. The van der Waals surface area contributed by atoms with Crippen LogP contribution in [0.1, 0.15) is 53.9 Å². The maximum absolute atomic E-state index is 12.0. The standard InChI is InChI=1S/C34H37Cl3N2O6/c35-34(36,37)32(41)38-20-24-3-1-4-26(17-24)27-5-2-6-28(18-27)31-44-29(19-30(45-31)25-9-7-23(22-40)8-10-25)21-39-13-11-33(12-14-39)42-15-16-43-33/h1-10,17-18,29-31,40H,11-16,19-22H2,(H,38,41). The Kier molecular flexibility index (Phi) is 10.4. The number of likely N-dealkylation sites (tertiary alicyclic amines) is 1. The number of carbonyl (C=O) groups excluding carboxylic acids is 1. The van der Waals surface area contributed by atoms with E-state index >= 15 is 0 Å². The van der Waals surface area contributed by atoms with Crippen molar-refractivity contribution in [3.8, 4) is 11.1 Å². The summed E-state index contributed by atoms with van der Waals surface area (Å²) in [6, 6.07) is 23.9. The third kappa shape index (κ3) is 8.19. The lowest BCUT2D eigenvalue weighted by molar-refractivity contribution is -0.255. The highest BCUT2D eigenvalue weighted by atomic mass is 35.6. The Labute approximate surface area is 278 Å². The highest BCUT2D eigenvalue weighted by Gasteiger charge is 2.41. The molecule has 3 atom stereocenters. The number of hydrogen-bond donors (Lipinski definition) is 2. The molecule has 1 spiro atoms. The minimum Gasteiger partial charge on any atom is -0.392 e. The monoisotopic (exact) mass is 674 g/mol. The van der Waals surface area contributed by atoms with Crippen LogP contribution in [0, 0.1) is 0 Å². The zero-order chi connectivity index (χ0) is 31.4. The number of alkyl halides is 3. The Morgan fingerprint density at radius 2 is 1.58 bits per heavy atom. The van der Waals surface area contributed by atoms with Crippen LogP contribution in [0.15, 0.2) is 72.8 Å². The molecule has 45 heavy (non-hydrogen) atoms. The maximum Gasteiger partial charge on any atom is 0.272 e. The van der Waals surface area contributed by atoms with Crippen molar-refractivity contribution in [3.05, 3.63) is 95.1 Å². The first kappa shape index (κ1) is 32.7. The lowest BCUT2D eigenvalue weighted by atomic mass is 9.97. The van der Waals surface area contributed by atoms with E-state index in [0.29, 0.717) is 19.6 Å². The van der Waals surface area contributed by atoms with Crippen LogP contribution >= 0.6 is 34.8 Å². The summed E-state index contributed by atoms with van der Waals surface area (Å²) in [6.45, 7) is 4.10. The third-order valence-corrected chi connectivity index (χ3v) is 9.15. The highest BCUT2D eigenvalue weighted by molar-refractivity contribution is 6.76. The minimum absolute atomic E-state index is 0.00267. The molecule has 3 saturated heterocycles. The number of amides is 1. The topological polar surface area (TPSA) is 89.5 Å². The number of carbonyl (C=O) groups is 1. The summed E-state index contributed by atoms with van der Waals surface area (Å²) >= 11 is 17.1. The van der Waals surface area contributed by atoms with Gasteiger partial charge in [-0.25, -0.2) is 0 Å². The fraction of sp³-hybridized carbons (Fsp3) is 0.441. The predicted molar refractivity (Wildman–Crippen MR) is 173 cm³/mol. The van der Waals surface area contributed by atoms with E-state index in [4.69, 9.17) is 53.8 Å². The van der Waals surface area contributed by atoms with Crippen molar-refractivity contribution in [1.29, 1.82) is 0 Å². The first-order valence-corrected chi connectivity index (χ1v) is 16.4. The van der Waals surface area contributed by atoms with Gasteiger partial charge in [0.25, 0.3) is 9.70 Å². The number of halogens is 3. The van der Waals surface area contributed by atoms with Crippen LogP contribution in [0.3, 0.4) is 0 Å². The summed E-state index contributed by atoms with van der Waals surface area (Å²) in [5.74, 6) is -1.09. The van der Waals surface area contributed by atoms with Gasteiger partial charge in [-0.2, -0.15) is 0 Å². The number of nitrogens with one attached hydrogen (secondary N) is 1. The smallest absolute Gasteiger partial charge is 0.272 e. The second kappa shape index (κ2) is 14.3. The summed E-state index contributed by atoms with van der Waals surface area (Å²) in [5.41, 5.74) is 5.65. The Balaban J connectivity index is 1.19. The van der Waals surface area contributed by atoms with E-state index in [2.05, 4.69) is 16.3 Å². The van der Waals surface area contributed by atoms with E-state index in [1.165, 1.54) is 0 Å². The summed E-state index contributed by atoms with van der Waals surface area (Å²) in [7, 11) is 0. The third-order valence-electron chi connectivity index (χ3n) is 8.64. The Bertz CT molecular complexity index is 1450. The molecule has 240 valence electrons. The highest BCUT2D eigenvalue weighted by Crippen LogP contribution is 2.40. The van der Waals surface area contributed by atoms with Gasteiger partial charge in [-0.05, 0) is 39.9 Å². The second-order valence-electron chi connectivity index (χ2n) is 11.8. The van der Waals surface area contributed by atoms with Gasteiger partial charge in [0.1, 0.15) is 0 Å². The van der Waals surface area contributed by atoms with Crippen LogP contribution in [0.2, 0.25) is 0 Å². The van der Waals surface area contributed by atoms with Gasteiger partial charge in [0, 0.05) is 51.0 Å². The molecule has 8 nitrogen and oxygen atoms in total. The van der Waals surface area contributed by atoms with Gasteiger partial charge in [0.2, 0.25) is 0 Å². The molecule has 3 unspecified atom stereocenters. The van der Waals surface area contributed by atoms with Gasteiger partial charge in [-0.1, -0.05) is 95.5 Å². The normalized spacial score (nSPS) is 23.7. The van der Waals surface area contributed by atoms with E-state index in [-0.39, 0.29) is 25.4 Å². The fourth-order valence-corrected chi connectivity index (χ4v) is 6.39. The van der Waals surface area contributed by atoms with Crippen molar-refractivity contribution in [2.24, 2.45) is 0 Å². The molecule has 0 aromatic heterocycles. The number of benzene rings is 3. The molecule has 1 amide bonds. The SMILES string of the molecule is O=C(NCc1cccc(-c2cccc(C3OC(CN4CCC5(CC4)OCCO5)CC(c4ccc(CO)cc4)O3)c2)c1)C(Cl)(Cl)Cl. The number of ether oxygens (including phenoxy) is 4. The molecule has 11 heteroatoms. The average Bonchev–Trinajstić information content (AvgIpc) is 3.52. The predicted octanol–water partition coefficient (Wildman–Crippen LogP) is 6.22. The zero-order valence-electron chi connectivity index (χ0n) is 24.8. The van der Waals surface area contributed by atoms with E-state index in [0.717, 1.165) is 65.9 Å². The van der Waals surface area contributed by atoms with Gasteiger partial charge >= 0.3 is 0 Å². The van der Waals surface area contributed by atoms with Gasteiger partial charge in [0.05, 0.1) is 32.0 Å². The molecule has 3 aromatic rings. The maximum atomic E-state index is 12.0. The van der Waals surface area contributed by atoms with E-state index < -0.39 is 21.8 Å². The van der Waals surface area contributed by atoms with Crippen molar-refractivity contribution in [3.63, 3.8) is 0 Å². The Morgan fingerprint density at radius 1 is 0.889 bits per heavy atom. The second-order valence-corrected chi connectivity index (χ2v) is 14.0. The van der Waals surface area contributed by atoms with Crippen LogP contribution in [0.4, 0.5) is 0 Å². The molecule has 0 saturated carbocycles. The van der Waals surface area contributed by atoms with Crippen molar-refractivity contribution in [2.45, 2.75) is 60.5 Å². The molecule has 3 fully saturated rings. The molecule has 3 aromatic carbocycles. The largest absolute Gasteiger partial charge is 0.392 e. The average molecular weight is 676 g/mol. The number of piperidine rings is 1. The van der Waals surface area contributed by atoms with E-state index in [1.807, 2.05) is 66.7 Å². The quantitative estimate of drug-likeness (QED) is 0.274. The van der Waals surface area contributed by atoms with E-state index in [1.54, 1.807) is 0 Å². The van der Waals surface area contributed by atoms with Crippen molar-refractivity contribution < 1.29 is 28.8 Å². The van der Waals surface area contributed by atoms with Gasteiger partial charge in [-0.3, -0.25) is 4.79 Å². The molecule has 3 heterocycles. The molecule has 0 bridgehead atoms. The first-order chi connectivity index (χ1) is 21.7. The summed E-state index contributed by atoms with van der Waals surface area (Å²) < 4.78 is 23.1. The lowest BCUT2D eigenvalue weighted by Gasteiger charge is -2.41. The zero-order valence-corrected chi connectivity index (χ0v) is 27.1. The van der Waals surface area contributed by atoms with Crippen LogP contribution in [0.5, 0.6) is 0 Å². The number of nitrogens with zero attached hydrogens (tertiary/aromatic N) is 1. The summed E-state index contributed by atoms with van der Waals surface area (Å²) in [4.78, 5) is 14.5. The Hall–Kier alpha value is -2.24. The molecule has 2 N–H and O–H groups in total. The first-order valence-electron chi connectivity index (χ1n) is 15.2. The molecule has 3 aliphatic rings. The lowest BCUT2D eigenvalue weighted by Crippen LogP contribution is -2.48. The summed E-state index contributed by atoms with van der Waals surface area (Å²) in [6.07, 6.45) is 1.61. The Morgan fingerprint density at radius 3 is 2.27 bits per heavy atom. The number of aliphatic hydroxyl groups excluding tert-OH is 1. The molecular weight excluding hydrogens is 639 g/mol. The minimum atomic E-state index is -2.02. The van der Waals surface area contributed by atoms with Crippen molar-refractivity contribution in [2.75, 3.05) is 32.8 Å². The van der Waals surface area contributed by atoms with Crippen LogP contribution < -0.4 is 5.32 Å². The number of aliphatic hydroxyl groups is 1. The van der Waals surface area contributed by atoms with E-state index in [9.17, 15) is 9.90 Å². The number of hydrogen-bond acceptors (Lipinski definition) is 7. The van der Waals surface area contributed by atoms with Gasteiger partial charge in [-0.15, -0.1) is 0 Å². The number of rotatable bonds is 8. The molecule has 0 aliphatic carbocycles. The molecule has 6 rings (SSSR count). The molecule has 3 aliphatic heterocycles. The van der Waals surface area contributed by atoms with Crippen LogP contribution in [-0.4, -0.2) is 64.4 Å². The van der Waals surface area contributed by atoms with Crippen molar-refractivity contribution in [1.82, 2.24) is 10.2 Å². The van der Waals surface area contributed by atoms with Crippen LogP contribution in [0.25, 0.3) is 11.1 Å². The van der Waals surface area contributed by atoms with Gasteiger partial charge in [0.15, 0.2) is 12.1 Å². The summed E-state index contributed by atoms with van der Waals surface area (Å²) in [5, 5.41) is 12.2.